The lowest BCUT2D eigenvalue weighted by Gasteiger charge is -2.37. The van der Waals surface area contributed by atoms with E-state index in [-0.39, 0.29) is 0 Å². The molecule has 0 spiro atoms. The summed E-state index contributed by atoms with van der Waals surface area (Å²) in [6.07, 6.45) is 5.99. The topological polar surface area (TPSA) is 43.8 Å². The molecular weight excluding hydrogens is 252 g/mol. The van der Waals surface area contributed by atoms with E-state index in [1.165, 1.54) is 19.3 Å². The second kappa shape index (κ2) is 7.01. The highest BCUT2D eigenvalue weighted by molar-refractivity contribution is 5.83. The van der Waals surface area contributed by atoms with Crippen LogP contribution >= 0.6 is 0 Å². The van der Waals surface area contributed by atoms with Gasteiger partial charge in [-0.25, -0.2) is 0 Å². The summed E-state index contributed by atoms with van der Waals surface area (Å²) in [6, 6.07) is 0. The number of ketones is 1. The standard InChI is InChI=1S/C16H30N2O2/c1-16(2,20)13-18-10-8-17(9-11-18)12-15(19)14-6-4-3-5-7-14/h14,20H,3-13H2,1-2H3. The number of hydrogen-bond donors (Lipinski definition) is 1. The van der Waals surface area contributed by atoms with E-state index in [9.17, 15) is 9.90 Å². The highest BCUT2D eigenvalue weighted by atomic mass is 16.3. The van der Waals surface area contributed by atoms with Crippen molar-refractivity contribution in [2.75, 3.05) is 39.3 Å². The lowest BCUT2D eigenvalue weighted by Crippen LogP contribution is -2.51. The van der Waals surface area contributed by atoms with E-state index in [4.69, 9.17) is 0 Å². The summed E-state index contributed by atoms with van der Waals surface area (Å²) in [5.41, 5.74) is -0.625. The fourth-order valence-electron chi connectivity index (χ4n) is 3.43. The Bertz CT molecular complexity index is 311. The monoisotopic (exact) mass is 282 g/mol. The van der Waals surface area contributed by atoms with Crippen molar-refractivity contribution in [1.29, 1.82) is 0 Å². The number of rotatable bonds is 5. The van der Waals surface area contributed by atoms with Crippen LogP contribution < -0.4 is 0 Å². The van der Waals surface area contributed by atoms with Crippen molar-refractivity contribution in [3.8, 4) is 0 Å². The first-order chi connectivity index (χ1) is 9.44. The average molecular weight is 282 g/mol. The maximum absolute atomic E-state index is 12.3. The van der Waals surface area contributed by atoms with Gasteiger partial charge in [0.05, 0.1) is 12.1 Å². The van der Waals surface area contributed by atoms with Gasteiger partial charge in [0.2, 0.25) is 0 Å². The molecule has 2 rings (SSSR count). The molecule has 4 nitrogen and oxygen atoms in total. The Morgan fingerprint density at radius 1 is 1.05 bits per heavy atom. The summed E-state index contributed by atoms with van der Waals surface area (Å²) in [4.78, 5) is 16.9. The summed E-state index contributed by atoms with van der Waals surface area (Å²) >= 11 is 0. The molecule has 0 unspecified atom stereocenters. The summed E-state index contributed by atoms with van der Waals surface area (Å²) < 4.78 is 0. The quantitative estimate of drug-likeness (QED) is 0.830. The zero-order valence-corrected chi connectivity index (χ0v) is 13.1. The van der Waals surface area contributed by atoms with Crippen molar-refractivity contribution in [2.45, 2.75) is 51.6 Å². The first kappa shape index (κ1) is 15.9. The normalized spacial score (nSPS) is 23.9. The highest BCUT2D eigenvalue weighted by Crippen LogP contribution is 2.24. The minimum atomic E-state index is -0.625. The first-order valence-electron chi connectivity index (χ1n) is 8.14. The summed E-state index contributed by atoms with van der Waals surface area (Å²) in [5, 5.41) is 9.84. The van der Waals surface area contributed by atoms with Gasteiger partial charge in [-0.3, -0.25) is 14.6 Å². The van der Waals surface area contributed by atoms with Crippen molar-refractivity contribution in [2.24, 2.45) is 5.92 Å². The molecule has 1 saturated carbocycles. The van der Waals surface area contributed by atoms with Gasteiger partial charge in [0.1, 0.15) is 5.78 Å². The van der Waals surface area contributed by atoms with E-state index in [1.807, 2.05) is 13.8 Å². The van der Waals surface area contributed by atoms with Gasteiger partial charge in [0, 0.05) is 38.6 Å². The number of β-amino-alcohol motifs (C(OH)–C–C–N with tert-alkyl or cyclic N) is 1. The van der Waals surface area contributed by atoms with E-state index in [0.29, 0.717) is 18.2 Å². The van der Waals surface area contributed by atoms with Gasteiger partial charge in [-0.05, 0) is 26.7 Å². The SMILES string of the molecule is CC(C)(O)CN1CCN(CC(=O)C2CCCCC2)CC1. The summed E-state index contributed by atoms with van der Waals surface area (Å²) in [6.45, 7) is 8.89. The van der Waals surface area contributed by atoms with Crippen LogP contribution in [0.25, 0.3) is 0 Å². The van der Waals surface area contributed by atoms with Crippen LogP contribution in [-0.4, -0.2) is 65.6 Å². The van der Waals surface area contributed by atoms with Crippen molar-refractivity contribution in [3.63, 3.8) is 0 Å². The molecule has 2 aliphatic rings. The van der Waals surface area contributed by atoms with Crippen LogP contribution in [-0.2, 0) is 4.79 Å². The van der Waals surface area contributed by atoms with Crippen LogP contribution in [0.5, 0.6) is 0 Å². The Hall–Kier alpha value is -0.450. The van der Waals surface area contributed by atoms with Gasteiger partial charge in [0.25, 0.3) is 0 Å². The van der Waals surface area contributed by atoms with Gasteiger partial charge in [0.15, 0.2) is 0 Å². The zero-order valence-electron chi connectivity index (χ0n) is 13.1. The van der Waals surface area contributed by atoms with Gasteiger partial charge in [-0.2, -0.15) is 0 Å². The third-order valence-corrected chi connectivity index (χ3v) is 4.52. The maximum Gasteiger partial charge on any atom is 0.149 e. The summed E-state index contributed by atoms with van der Waals surface area (Å²) in [5.74, 6) is 0.791. The first-order valence-corrected chi connectivity index (χ1v) is 8.14. The van der Waals surface area contributed by atoms with E-state index in [0.717, 1.165) is 45.6 Å². The molecule has 0 bridgehead atoms. The number of hydrogen-bond acceptors (Lipinski definition) is 4. The van der Waals surface area contributed by atoms with E-state index < -0.39 is 5.60 Å². The molecule has 0 radical (unpaired) electrons. The van der Waals surface area contributed by atoms with Crippen molar-refractivity contribution in [1.82, 2.24) is 9.80 Å². The highest BCUT2D eigenvalue weighted by Gasteiger charge is 2.26. The number of Topliss-reactive ketones (excluding diaryl/α,β-unsaturated/α-hetero) is 1. The molecule has 1 heterocycles. The molecule has 0 atom stereocenters. The minimum Gasteiger partial charge on any atom is -0.389 e. The third kappa shape index (κ3) is 5.15. The molecule has 116 valence electrons. The van der Waals surface area contributed by atoms with Crippen LogP contribution in [0, 0.1) is 5.92 Å². The van der Waals surface area contributed by atoms with E-state index in [1.54, 1.807) is 0 Å². The lowest BCUT2D eigenvalue weighted by molar-refractivity contribution is -0.125. The lowest BCUT2D eigenvalue weighted by atomic mass is 9.86. The molecule has 1 N–H and O–H groups in total. The number of carbonyl (C=O) groups excluding carboxylic acids is 1. The van der Waals surface area contributed by atoms with Gasteiger partial charge in [-0.1, -0.05) is 19.3 Å². The number of piperazine rings is 1. The van der Waals surface area contributed by atoms with Gasteiger partial charge >= 0.3 is 0 Å². The Morgan fingerprint density at radius 3 is 2.15 bits per heavy atom. The molecule has 1 saturated heterocycles. The van der Waals surface area contributed by atoms with Gasteiger partial charge in [-0.15, -0.1) is 0 Å². The van der Waals surface area contributed by atoms with Crippen molar-refractivity contribution >= 4 is 5.78 Å². The fraction of sp³-hybridized carbons (Fsp3) is 0.938. The van der Waals surface area contributed by atoms with E-state index >= 15 is 0 Å². The van der Waals surface area contributed by atoms with Gasteiger partial charge < -0.3 is 5.11 Å². The van der Waals surface area contributed by atoms with Crippen molar-refractivity contribution in [3.05, 3.63) is 0 Å². The molecule has 0 aromatic rings. The Kier molecular flexibility index (Phi) is 5.58. The molecule has 20 heavy (non-hydrogen) atoms. The van der Waals surface area contributed by atoms with Crippen LogP contribution in [0.1, 0.15) is 46.0 Å². The molecule has 0 amide bonds. The fourth-order valence-corrected chi connectivity index (χ4v) is 3.43. The van der Waals surface area contributed by atoms with Crippen LogP contribution in [0.2, 0.25) is 0 Å². The second-order valence-electron chi connectivity index (χ2n) is 7.17. The molecule has 2 fully saturated rings. The second-order valence-corrected chi connectivity index (χ2v) is 7.17. The Balaban J connectivity index is 1.70. The predicted octanol–water partition coefficient (Wildman–Crippen LogP) is 1.52. The molecule has 4 heteroatoms. The average Bonchev–Trinajstić information content (AvgIpc) is 2.40. The summed E-state index contributed by atoms with van der Waals surface area (Å²) in [7, 11) is 0. The zero-order chi connectivity index (χ0) is 14.6. The molecule has 0 aromatic heterocycles. The predicted molar refractivity (Wildman–Crippen MR) is 80.8 cm³/mol. The maximum atomic E-state index is 12.3. The number of nitrogens with zero attached hydrogens (tertiary/aromatic N) is 2. The number of aliphatic hydroxyl groups is 1. The van der Waals surface area contributed by atoms with Crippen LogP contribution in [0.3, 0.4) is 0 Å². The Morgan fingerprint density at radius 2 is 1.60 bits per heavy atom. The minimum absolute atomic E-state index is 0.332. The van der Waals surface area contributed by atoms with Crippen LogP contribution in [0.4, 0.5) is 0 Å². The largest absolute Gasteiger partial charge is 0.389 e. The van der Waals surface area contributed by atoms with E-state index in [2.05, 4.69) is 9.80 Å². The smallest absolute Gasteiger partial charge is 0.149 e. The third-order valence-electron chi connectivity index (χ3n) is 4.52. The molecular formula is C16H30N2O2. The van der Waals surface area contributed by atoms with Crippen molar-refractivity contribution < 1.29 is 9.90 Å². The molecule has 0 aromatic carbocycles. The van der Waals surface area contributed by atoms with Crippen LogP contribution in [0.15, 0.2) is 0 Å². The molecule has 1 aliphatic heterocycles. The Labute approximate surface area is 123 Å². The molecule has 1 aliphatic carbocycles. The number of carbonyl (C=O) groups is 1.